The molecule has 1 aliphatic carbocycles. The van der Waals surface area contributed by atoms with Crippen molar-refractivity contribution < 1.29 is 14.0 Å². The van der Waals surface area contributed by atoms with Crippen molar-refractivity contribution >= 4 is 77.2 Å². The lowest BCUT2D eigenvalue weighted by atomic mass is 10.1. The van der Waals surface area contributed by atoms with Gasteiger partial charge in [-0.1, -0.05) is 22.0 Å². The van der Waals surface area contributed by atoms with Crippen molar-refractivity contribution in [3.05, 3.63) is 51.6 Å². The summed E-state index contributed by atoms with van der Waals surface area (Å²) in [6, 6.07) is 7.66. The van der Waals surface area contributed by atoms with Crippen molar-refractivity contribution in [3.8, 4) is 0 Å². The molecule has 1 aromatic carbocycles. The van der Waals surface area contributed by atoms with E-state index in [0.717, 1.165) is 6.42 Å². The molecular weight excluding hydrogens is 585 g/mol. The predicted octanol–water partition coefficient (Wildman–Crippen LogP) is 3.85. The molecule has 0 unspecified atom stereocenters. The number of halogens is 3. The standard InChI is InChI=1S/C23H18Br2FN7O2/c24-11-6-12-19-21(27)28-9-29-22(19)32(20(12)13(26)7-11)8-18(34)33-14-4-10(14)5-15(33)23(35)31-17-3-1-2-16(25)30-17/h1-3,6-7,9-10,14-15H,4-5,8H2,(H2,27,28,29)(H,30,31,35)/t10-,14-,15+/m1/s1. The summed E-state index contributed by atoms with van der Waals surface area (Å²) in [5.74, 6) is -0.199. The van der Waals surface area contributed by atoms with Gasteiger partial charge in [0, 0.05) is 15.9 Å². The van der Waals surface area contributed by atoms with Gasteiger partial charge in [-0.15, -0.1) is 0 Å². The van der Waals surface area contributed by atoms with Gasteiger partial charge < -0.3 is 20.5 Å². The zero-order valence-electron chi connectivity index (χ0n) is 18.1. The lowest BCUT2D eigenvalue weighted by Crippen LogP contribution is -2.46. The van der Waals surface area contributed by atoms with E-state index < -0.39 is 11.9 Å². The maximum absolute atomic E-state index is 15.1. The fourth-order valence-corrected chi connectivity index (χ4v) is 5.87. The fourth-order valence-electron chi connectivity index (χ4n) is 5.10. The van der Waals surface area contributed by atoms with Gasteiger partial charge in [0.25, 0.3) is 0 Å². The van der Waals surface area contributed by atoms with Crippen molar-refractivity contribution in [2.45, 2.75) is 31.5 Å². The number of aromatic nitrogens is 4. The molecule has 1 saturated heterocycles. The van der Waals surface area contributed by atoms with Gasteiger partial charge in [-0.3, -0.25) is 9.59 Å². The Morgan fingerprint density at radius 2 is 2.03 bits per heavy atom. The molecule has 3 atom stereocenters. The first kappa shape index (κ1) is 22.4. The van der Waals surface area contributed by atoms with Crippen molar-refractivity contribution in [2.24, 2.45) is 5.92 Å². The van der Waals surface area contributed by atoms with Crippen LogP contribution in [0, 0.1) is 11.7 Å². The number of benzene rings is 1. The topological polar surface area (TPSA) is 119 Å². The van der Waals surface area contributed by atoms with Crippen LogP contribution in [0.3, 0.4) is 0 Å². The zero-order chi connectivity index (χ0) is 24.4. The van der Waals surface area contributed by atoms with Crippen LogP contribution in [0.25, 0.3) is 21.9 Å². The average molecular weight is 603 g/mol. The van der Waals surface area contributed by atoms with Gasteiger partial charge in [0.05, 0.1) is 10.9 Å². The first-order chi connectivity index (χ1) is 16.8. The number of rotatable bonds is 4. The van der Waals surface area contributed by atoms with E-state index in [4.69, 9.17) is 5.73 Å². The highest BCUT2D eigenvalue weighted by Gasteiger charge is 2.56. The van der Waals surface area contributed by atoms with E-state index in [0.29, 0.717) is 37.7 Å². The summed E-state index contributed by atoms with van der Waals surface area (Å²) in [4.78, 5) is 40.9. The number of nitrogens with zero attached hydrogens (tertiary/aromatic N) is 5. The summed E-state index contributed by atoms with van der Waals surface area (Å²) >= 11 is 6.61. The maximum Gasteiger partial charge on any atom is 0.248 e. The molecule has 0 spiro atoms. The molecule has 6 rings (SSSR count). The normalized spacial score (nSPS) is 20.9. The number of carbonyl (C=O) groups excluding carboxylic acids is 2. The molecule has 0 radical (unpaired) electrons. The van der Waals surface area contributed by atoms with E-state index in [2.05, 4.69) is 52.1 Å². The minimum Gasteiger partial charge on any atom is -0.383 e. The van der Waals surface area contributed by atoms with E-state index in [1.165, 1.54) is 17.0 Å². The molecule has 2 fully saturated rings. The van der Waals surface area contributed by atoms with Crippen LogP contribution in [-0.2, 0) is 16.1 Å². The van der Waals surface area contributed by atoms with Gasteiger partial charge in [0.15, 0.2) is 0 Å². The van der Waals surface area contributed by atoms with Crippen LogP contribution in [0.5, 0.6) is 0 Å². The van der Waals surface area contributed by atoms with Crippen LogP contribution in [-0.4, -0.2) is 48.3 Å². The van der Waals surface area contributed by atoms with Gasteiger partial charge in [0.2, 0.25) is 11.8 Å². The van der Waals surface area contributed by atoms with Crippen LogP contribution in [0.2, 0.25) is 0 Å². The highest BCUT2D eigenvalue weighted by atomic mass is 79.9. The molecule has 35 heavy (non-hydrogen) atoms. The number of carbonyl (C=O) groups is 2. The Labute approximate surface area is 215 Å². The molecule has 3 aromatic heterocycles. The molecule has 4 aromatic rings. The number of nitrogens with one attached hydrogen (secondary N) is 1. The van der Waals surface area contributed by atoms with Crippen LogP contribution in [0.4, 0.5) is 16.0 Å². The number of hydrogen-bond acceptors (Lipinski definition) is 6. The molecule has 12 heteroatoms. The second-order valence-electron chi connectivity index (χ2n) is 8.78. The molecule has 4 heterocycles. The average Bonchev–Trinajstić information content (AvgIpc) is 3.34. The number of nitrogen functional groups attached to an aromatic ring is 1. The second-order valence-corrected chi connectivity index (χ2v) is 10.5. The second kappa shape index (κ2) is 8.23. The number of fused-ring (bicyclic) bond motifs is 4. The minimum atomic E-state index is -0.626. The van der Waals surface area contributed by atoms with E-state index in [1.807, 2.05) is 0 Å². The van der Waals surface area contributed by atoms with Crippen molar-refractivity contribution in [2.75, 3.05) is 11.1 Å². The van der Waals surface area contributed by atoms with Crippen LogP contribution >= 0.6 is 31.9 Å². The molecule has 2 amide bonds. The van der Waals surface area contributed by atoms with Crippen molar-refractivity contribution in [1.29, 1.82) is 0 Å². The number of nitrogens with two attached hydrogens (primary N) is 1. The predicted molar refractivity (Wildman–Crippen MR) is 135 cm³/mol. The Morgan fingerprint density at radius 1 is 1.20 bits per heavy atom. The number of amides is 2. The van der Waals surface area contributed by atoms with Crippen molar-refractivity contribution in [1.82, 2.24) is 24.4 Å². The van der Waals surface area contributed by atoms with Gasteiger partial charge in [-0.2, -0.15) is 0 Å². The summed E-state index contributed by atoms with van der Waals surface area (Å²) in [7, 11) is 0. The fraction of sp³-hybridized carbons (Fsp3) is 0.261. The summed E-state index contributed by atoms with van der Waals surface area (Å²) in [6.07, 6.45) is 2.73. The Bertz CT molecular complexity index is 1540. The molecule has 178 valence electrons. The Balaban J connectivity index is 1.35. The first-order valence-corrected chi connectivity index (χ1v) is 12.5. The van der Waals surface area contributed by atoms with E-state index >= 15 is 4.39 Å². The summed E-state index contributed by atoms with van der Waals surface area (Å²) < 4.78 is 17.8. The lowest BCUT2D eigenvalue weighted by Gasteiger charge is -2.27. The highest BCUT2D eigenvalue weighted by Crippen LogP contribution is 2.48. The van der Waals surface area contributed by atoms with Crippen molar-refractivity contribution in [3.63, 3.8) is 0 Å². The third kappa shape index (κ3) is 3.75. The maximum atomic E-state index is 15.1. The van der Waals surface area contributed by atoms with Crippen LogP contribution < -0.4 is 11.1 Å². The Hall–Kier alpha value is -3.12. The summed E-state index contributed by atoms with van der Waals surface area (Å²) in [5.41, 5.74) is 6.69. The lowest BCUT2D eigenvalue weighted by molar-refractivity contribution is -0.138. The van der Waals surface area contributed by atoms with E-state index in [-0.39, 0.29) is 41.7 Å². The van der Waals surface area contributed by atoms with Gasteiger partial charge >= 0.3 is 0 Å². The van der Waals surface area contributed by atoms with Crippen LogP contribution in [0.15, 0.2) is 45.7 Å². The SMILES string of the molecule is Nc1ncnc2c1c1cc(Br)cc(F)c1n2CC(=O)N1[C@@H]2C[C@@H]2C[C@H]1C(=O)Nc1cccc(Br)n1. The molecule has 1 saturated carbocycles. The third-order valence-corrected chi connectivity index (χ3v) is 7.53. The van der Waals surface area contributed by atoms with Gasteiger partial charge in [0.1, 0.15) is 46.6 Å². The Morgan fingerprint density at radius 3 is 2.83 bits per heavy atom. The zero-order valence-corrected chi connectivity index (χ0v) is 21.3. The van der Waals surface area contributed by atoms with E-state index in [9.17, 15) is 9.59 Å². The number of piperidine rings is 1. The molecule has 3 N–H and O–H groups in total. The summed E-state index contributed by atoms with van der Waals surface area (Å²) in [5, 5.41) is 3.80. The highest BCUT2D eigenvalue weighted by molar-refractivity contribution is 9.10. The van der Waals surface area contributed by atoms with E-state index in [1.54, 1.807) is 29.2 Å². The molecule has 9 nitrogen and oxygen atoms in total. The number of likely N-dealkylation sites (tertiary alicyclic amines) is 1. The number of anilines is 2. The number of pyridine rings is 1. The monoisotopic (exact) mass is 601 g/mol. The number of hydrogen-bond donors (Lipinski definition) is 2. The molecular formula is C23H18Br2FN7O2. The third-order valence-electron chi connectivity index (χ3n) is 6.63. The Kier molecular flexibility index (Phi) is 5.26. The summed E-state index contributed by atoms with van der Waals surface area (Å²) in [6.45, 7) is -0.183. The van der Waals surface area contributed by atoms with Gasteiger partial charge in [-0.05, 0) is 59.0 Å². The molecule has 1 aliphatic heterocycles. The molecule has 2 aliphatic rings. The smallest absolute Gasteiger partial charge is 0.248 e. The van der Waals surface area contributed by atoms with Gasteiger partial charge in [-0.25, -0.2) is 19.3 Å². The molecule has 0 bridgehead atoms. The first-order valence-electron chi connectivity index (χ1n) is 10.9. The van der Waals surface area contributed by atoms with Crippen LogP contribution in [0.1, 0.15) is 12.8 Å². The largest absolute Gasteiger partial charge is 0.383 e. The quantitative estimate of drug-likeness (QED) is 0.343. The minimum absolute atomic E-state index is 0.000459.